The monoisotopic (exact) mass is 430 g/mol. The molecule has 0 atom stereocenters. The molecule has 0 spiro atoms. The quantitative estimate of drug-likeness (QED) is 0.675. The Morgan fingerprint density at radius 3 is 2.50 bits per heavy atom. The van der Waals surface area contributed by atoms with Crippen LogP contribution >= 0.6 is 11.8 Å². The number of ether oxygens (including phenoxy) is 3. The van der Waals surface area contributed by atoms with Crippen molar-refractivity contribution in [3.05, 3.63) is 42.0 Å². The van der Waals surface area contributed by atoms with E-state index in [4.69, 9.17) is 14.2 Å². The van der Waals surface area contributed by atoms with E-state index in [-0.39, 0.29) is 36.0 Å². The van der Waals surface area contributed by atoms with Gasteiger partial charge in [-0.2, -0.15) is 0 Å². The SMILES string of the molecule is COC(=O)c1cc(OC)c(OC)cc1NC(=O)CCN1C(=O)CSc2ccccc21. The molecule has 9 heteroatoms. The van der Waals surface area contributed by atoms with Gasteiger partial charge in [0, 0.05) is 30.0 Å². The van der Waals surface area contributed by atoms with Gasteiger partial charge in [-0.25, -0.2) is 4.79 Å². The maximum absolute atomic E-state index is 12.6. The minimum Gasteiger partial charge on any atom is -0.493 e. The molecule has 1 aliphatic heterocycles. The number of thioether (sulfide) groups is 1. The number of rotatable bonds is 7. The molecule has 0 bridgehead atoms. The van der Waals surface area contributed by atoms with E-state index in [1.54, 1.807) is 4.90 Å². The normalized spacial score (nSPS) is 12.8. The maximum atomic E-state index is 12.6. The third-order valence-electron chi connectivity index (χ3n) is 4.57. The van der Waals surface area contributed by atoms with Crippen molar-refractivity contribution >= 4 is 40.9 Å². The van der Waals surface area contributed by atoms with E-state index in [2.05, 4.69) is 5.32 Å². The molecule has 0 aromatic heterocycles. The average molecular weight is 430 g/mol. The fraction of sp³-hybridized carbons (Fsp3) is 0.286. The van der Waals surface area contributed by atoms with Crippen molar-refractivity contribution in [2.24, 2.45) is 0 Å². The highest BCUT2D eigenvalue weighted by molar-refractivity contribution is 8.00. The van der Waals surface area contributed by atoms with Crippen LogP contribution in [0.3, 0.4) is 0 Å². The minimum absolute atomic E-state index is 0.0483. The predicted molar refractivity (Wildman–Crippen MR) is 114 cm³/mol. The molecule has 1 heterocycles. The van der Waals surface area contributed by atoms with Gasteiger partial charge >= 0.3 is 5.97 Å². The Morgan fingerprint density at radius 2 is 1.80 bits per heavy atom. The second kappa shape index (κ2) is 9.53. The Bertz CT molecular complexity index is 978. The zero-order valence-electron chi connectivity index (χ0n) is 16.9. The molecule has 0 saturated carbocycles. The number of hydrogen-bond acceptors (Lipinski definition) is 7. The van der Waals surface area contributed by atoms with Crippen LogP contribution in [0, 0.1) is 0 Å². The second-order valence-corrected chi connectivity index (χ2v) is 7.36. The minimum atomic E-state index is -0.622. The molecule has 30 heavy (non-hydrogen) atoms. The van der Waals surface area contributed by atoms with E-state index in [1.807, 2.05) is 24.3 Å². The third-order valence-corrected chi connectivity index (χ3v) is 5.62. The van der Waals surface area contributed by atoms with E-state index in [9.17, 15) is 14.4 Å². The lowest BCUT2D eigenvalue weighted by Gasteiger charge is -2.28. The molecule has 158 valence electrons. The largest absolute Gasteiger partial charge is 0.493 e. The number of fused-ring (bicyclic) bond motifs is 1. The maximum Gasteiger partial charge on any atom is 0.340 e. The fourth-order valence-electron chi connectivity index (χ4n) is 3.09. The molecule has 8 nitrogen and oxygen atoms in total. The van der Waals surface area contributed by atoms with E-state index in [1.165, 1.54) is 45.2 Å². The number of carbonyl (C=O) groups is 3. The Morgan fingerprint density at radius 1 is 1.10 bits per heavy atom. The lowest BCUT2D eigenvalue weighted by atomic mass is 10.1. The van der Waals surface area contributed by atoms with Crippen molar-refractivity contribution in [1.29, 1.82) is 0 Å². The average Bonchev–Trinajstić information content (AvgIpc) is 2.77. The van der Waals surface area contributed by atoms with Gasteiger partial charge in [-0.15, -0.1) is 11.8 Å². The van der Waals surface area contributed by atoms with Gasteiger partial charge in [0.1, 0.15) is 0 Å². The van der Waals surface area contributed by atoms with Crippen LogP contribution in [0.5, 0.6) is 11.5 Å². The first kappa shape index (κ1) is 21.5. The molecule has 0 fully saturated rings. The first-order chi connectivity index (χ1) is 14.5. The van der Waals surface area contributed by atoms with Gasteiger partial charge in [0.05, 0.1) is 44.0 Å². The van der Waals surface area contributed by atoms with E-state index < -0.39 is 5.97 Å². The van der Waals surface area contributed by atoms with Gasteiger partial charge in [-0.1, -0.05) is 12.1 Å². The standard InChI is InChI=1S/C21H22N2O6S/c1-27-16-10-13(21(26)29-3)14(11-17(16)28-2)22-19(24)8-9-23-15-6-4-5-7-18(15)30-12-20(23)25/h4-7,10-11H,8-9,12H2,1-3H3,(H,22,24). The lowest BCUT2D eigenvalue weighted by molar-refractivity contribution is -0.117. The third kappa shape index (κ3) is 4.51. The van der Waals surface area contributed by atoms with Crippen molar-refractivity contribution in [3.63, 3.8) is 0 Å². The summed E-state index contributed by atoms with van der Waals surface area (Å²) in [5.41, 5.74) is 1.18. The van der Waals surface area contributed by atoms with Crippen LogP contribution in [-0.2, 0) is 14.3 Å². The van der Waals surface area contributed by atoms with Gasteiger partial charge < -0.3 is 24.4 Å². The smallest absolute Gasteiger partial charge is 0.340 e. The van der Waals surface area contributed by atoms with Gasteiger partial charge in [0.2, 0.25) is 11.8 Å². The number of hydrogen-bond donors (Lipinski definition) is 1. The zero-order chi connectivity index (χ0) is 21.7. The Kier molecular flexibility index (Phi) is 6.83. The van der Waals surface area contributed by atoms with E-state index in [0.29, 0.717) is 17.3 Å². The summed E-state index contributed by atoms with van der Waals surface area (Å²) in [6.07, 6.45) is 0.0553. The van der Waals surface area contributed by atoms with Gasteiger partial charge in [-0.05, 0) is 12.1 Å². The molecule has 2 amide bonds. The second-order valence-electron chi connectivity index (χ2n) is 6.34. The highest BCUT2D eigenvalue weighted by atomic mass is 32.2. The Hall–Kier alpha value is -3.20. The van der Waals surface area contributed by atoms with Crippen LogP contribution in [0.15, 0.2) is 41.3 Å². The number of nitrogens with zero attached hydrogens (tertiary/aromatic N) is 1. The van der Waals surface area contributed by atoms with Crippen LogP contribution in [0.2, 0.25) is 0 Å². The zero-order valence-corrected chi connectivity index (χ0v) is 17.7. The van der Waals surface area contributed by atoms with E-state index >= 15 is 0 Å². The van der Waals surface area contributed by atoms with Crippen molar-refractivity contribution in [3.8, 4) is 11.5 Å². The van der Waals surface area contributed by atoms with Crippen molar-refractivity contribution in [1.82, 2.24) is 0 Å². The number of anilines is 2. The topological polar surface area (TPSA) is 94.2 Å². The lowest BCUT2D eigenvalue weighted by Crippen LogP contribution is -2.37. The fourth-order valence-corrected chi connectivity index (χ4v) is 4.02. The molecule has 3 rings (SSSR count). The number of esters is 1. The van der Waals surface area contributed by atoms with Crippen LogP contribution in [0.1, 0.15) is 16.8 Å². The first-order valence-electron chi connectivity index (χ1n) is 9.14. The number of amides is 2. The van der Waals surface area contributed by atoms with E-state index in [0.717, 1.165) is 10.6 Å². The summed E-state index contributed by atoms with van der Waals surface area (Å²) >= 11 is 1.48. The number of methoxy groups -OCH3 is 3. The van der Waals surface area contributed by atoms with Gasteiger partial charge in [0.25, 0.3) is 0 Å². The van der Waals surface area contributed by atoms with Crippen molar-refractivity contribution in [2.45, 2.75) is 11.3 Å². The van der Waals surface area contributed by atoms with Crippen LogP contribution in [0.4, 0.5) is 11.4 Å². The summed E-state index contributed by atoms with van der Waals surface area (Å²) in [5, 5.41) is 2.71. The molecular formula is C21H22N2O6S. The summed E-state index contributed by atoms with van der Waals surface area (Å²) in [6, 6.07) is 10.5. The van der Waals surface area contributed by atoms with Crippen LogP contribution in [-0.4, -0.2) is 51.4 Å². The van der Waals surface area contributed by atoms with Gasteiger partial charge in [-0.3, -0.25) is 9.59 Å². The molecule has 0 radical (unpaired) electrons. The summed E-state index contributed by atoms with van der Waals surface area (Å²) in [5.74, 6) is 0.00884. The van der Waals surface area contributed by atoms with Gasteiger partial charge in [0.15, 0.2) is 11.5 Å². The summed E-state index contributed by atoms with van der Waals surface area (Å²) in [4.78, 5) is 39.7. The number of nitrogens with one attached hydrogen (secondary N) is 1. The summed E-state index contributed by atoms with van der Waals surface area (Å²) < 4.78 is 15.3. The van der Waals surface area contributed by atoms with Crippen molar-refractivity contribution in [2.75, 3.05) is 43.8 Å². The molecular weight excluding hydrogens is 408 g/mol. The number of para-hydroxylation sites is 1. The molecule has 0 unspecified atom stereocenters. The van der Waals surface area contributed by atoms with Crippen LogP contribution < -0.4 is 19.7 Å². The molecule has 2 aromatic carbocycles. The Balaban J connectivity index is 1.76. The molecule has 1 aliphatic rings. The predicted octanol–water partition coefficient (Wildman–Crippen LogP) is 2.96. The number of benzene rings is 2. The van der Waals surface area contributed by atoms with Crippen LogP contribution in [0.25, 0.3) is 0 Å². The highest BCUT2D eigenvalue weighted by Crippen LogP contribution is 2.36. The van der Waals surface area contributed by atoms with Crippen molar-refractivity contribution < 1.29 is 28.6 Å². The first-order valence-corrected chi connectivity index (χ1v) is 10.1. The Labute approximate surface area is 178 Å². The molecule has 0 saturated heterocycles. The summed E-state index contributed by atoms with van der Waals surface area (Å²) in [7, 11) is 4.16. The molecule has 0 aliphatic carbocycles. The summed E-state index contributed by atoms with van der Waals surface area (Å²) in [6.45, 7) is 0.225. The molecule has 2 aromatic rings. The molecule has 1 N–H and O–H groups in total. The highest BCUT2D eigenvalue weighted by Gasteiger charge is 2.25. The number of carbonyl (C=O) groups excluding carboxylic acids is 3.